The van der Waals surface area contributed by atoms with Crippen molar-refractivity contribution in [2.45, 2.75) is 12.5 Å². The summed E-state index contributed by atoms with van der Waals surface area (Å²) in [5.41, 5.74) is 0. The van der Waals surface area contributed by atoms with E-state index >= 15 is 0 Å². The van der Waals surface area contributed by atoms with E-state index in [2.05, 4.69) is 15.9 Å². The summed E-state index contributed by atoms with van der Waals surface area (Å²) in [4.78, 5) is 32.7. The lowest BCUT2D eigenvalue weighted by atomic mass is 10.2. The molecular formula is C12H11BrFNO6. The molecule has 1 atom stereocenters. The summed E-state index contributed by atoms with van der Waals surface area (Å²) in [6, 6.07) is 2.01. The first-order chi connectivity index (χ1) is 9.79. The fourth-order valence-corrected chi connectivity index (χ4v) is 1.81. The van der Waals surface area contributed by atoms with Gasteiger partial charge in [0, 0.05) is 0 Å². The normalized spacial score (nSPS) is 11.5. The number of carbonyl (C=O) groups is 3. The summed E-state index contributed by atoms with van der Waals surface area (Å²) in [5, 5.41) is 19.3. The number of ether oxygens (including phenoxy) is 1. The molecule has 0 fully saturated rings. The molecule has 0 aliphatic rings. The van der Waals surface area contributed by atoms with Gasteiger partial charge in [0.05, 0.1) is 10.9 Å². The molecule has 1 aromatic carbocycles. The van der Waals surface area contributed by atoms with Crippen LogP contribution in [0.2, 0.25) is 0 Å². The predicted molar refractivity (Wildman–Crippen MR) is 71.4 cm³/mol. The van der Waals surface area contributed by atoms with Crippen LogP contribution in [0.3, 0.4) is 0 Å². The highest BCUT2D eigenvalue weighted by molar-refractivity contribution is 9.10. The molecule has 1 unspecified atom stereocenters. The van der Waals surface area contributed by atoms with Gasteiger partial charge in [0.15, 0.2) is 6.61 Å². The highest BCUT2D eigenvalue weighted by atomic mass is 79.9. The number of amides is 1. The zero-order chi connectivity index (χ0) is 16.0. The maximum atomic E-state index is 12.8. The minimum atomic E-state index is -1.55. The van der Waals surface area contributed by atoms with E-state index < -0.39 is 42.7 Å². The average molecular weight is 364 g/mol. The van der Waals surface area contributed by atoms with Gasteiger partial charge in [-0.25, -0.2) is 9.18 Å². The van der Waals surface area contributed by atoms with Gasteiger partial charge in [0.2, 0.25) is 0 Å². The van der Waals surface area contributed by atoms with Gasteiger partial charge in [-0.2, -0.15) is 0 Å². The van der Waals surface area contributed by atoms with Crippen molar-refractivity contribution in [3.8, 4) is 5.75 Å². The minimum absolute atomic E-state index is 0.191. The lowest BCUT2D eigenvalue weighted by molar-refractivity contribution is -0.147. The standard InChI is InChI=1S/C12H11BrFNO6/c13-7-3-6(14)1-2-9(7)21-5-10(16)15-8(12(19)20)4-11(17)18/h1-3,8H,4-5H2,(H,15,16)(H,17,18)(H,19,20). The van der Waals surface area contributed by atoms with Crippen LogP contribution in [0.5, 0.6) is 5.75 Å². The topological polar surface area (TPSA) is 113 Å². The fourth-order valence-electron chi connectivity index (χ4n) is 1.35. The van der Waals surface area contributed by atoms with Crippen LogP contribution >= 0.6 is 15.9 Å². The molecule has 0 aliphatic carbocycles. The van der Waals surface area contributed by atoms with E-state index in [-0.39, 0.29) is 10.2 Å². The lowest BCUT2D eigenvalue weighted by Crippen LogP contribution is -2.44. The van der Waals surface area contributed by atoms with Gasteiger partial charge < -0.3 is 20.3 Å². The average Bonchev–Trinajstić information content (AvgIpc) is 2.36. The number of aliphatic carboxylic acids is 2. The van der Waals surface area contributed by atoms with Gasteiger partial charge in [-0.3, -0.25) is 9.59 Å². The molecule has 114 valence electrons. The van der Waals surface area contributed by atoms with Crippen molar-refractivity contribution in [1.29, 1.82) is 0 Å². The third kappa shape index (κ3) is 5.78. The maximum Gasteiger partial charge on any atom is 0.326 e. The predicted octanol–water partition coefficient (Wildman–Crippen LogP) is 1.01. The number of benzene rings is 1. The van der Waals surface area contributed by atoms with Crippen LogP contribution in [0.15, 0.2) is 22.7 Å². The van der Waals surface area contributed by atoms with Crippen LogP contribution in [-0.2, 0) is 14.4 Å². The Balaban J connectivity index is 2.56. The summed E-state index contributed by atoms with van der Waals surface area (Å²) in [6.07, 6.45) is -0.749. The second-order valence-corrected chi connectivity index (χ2v) is 4.77. The van der Waals surface area contributed by atoms with Gasteiger partial charge >= 0.3 is 11.9 Å². The van der Waals surface area contributed by atoms with Crippen molar-refractivity contribution in [3.63, 3.8) is 0 Å². The van der Waals surface area contributed by atoms with Gasteiger partial charge in [0.1, 0.15) is 17.6 Å². The highest BCUT2D eigenvalue weighted by Crippen LogP contribution is 2.25. The highest BCUT2D eigenvalue weighted by Gasteiger charge is 2.23. The second-order valence-electron chi connectivity index (χ2n) is 3.92. The van der Waals surface area contributed by atoms with E-state index in [1.165, 1.54) is 6.07 Å². The number of halogens is 2. The Morgan fingerprint density at radius 3 is 2.52 bits per heavy atom. The SMILES string of the molecule is O=C(O)CC(NC(=O)COc1ccc(F)cc1Br)C(=O)O. The summed E-state index contributed by atoms with van der Waals surface area (Å²) < 4.78 is 18.2. The van der Waals surface area contributed by atoms with E-state index in [1.54, 1.807) is 0 Å². The van der Waals surface area contributed by atoms with E-state index in [9.17, 15) is 18.8 Å². The molecule has 21 heavy (non-hydrogen) atoms. The molecule has 0 saturated heterocycles. The van der Waals surface area contributed by atoms with Crippen LogP contribution < -0.4 is 10.1 Å². The lowest BCUT2D eigenvalue weighted by Gasteiger charge is -2.13. The molecule has 1 aromatic rings. The molecule has 0 bridgehead atoms. The molecule has 0 aromatic heterocycles. The van der Waals surface area contributed by atoms with Crippen molar-refractivity contribution >= 4 is 33.8 Å². The molecule has 0 radical (unpaired) electrons. The summed E-state index contributed by atoms with van der Waals surface area (Å²) >= 11 is 3.04. The summed E-state index contributed by atoms with van der Waals surface area (Å²) in [6.45, 7) is -0.534. The van der Waals surface area contributed by atoms with Gasteiger partial charge in [0.25, 0.3) is 5.91 Å². The van der Waals surface area contributed by atoms with Crippen LogP contribution in [0.25, 0.3) is 0 Å². The smallest absolute Gasteiger partial charge is 0.326 e. The van der Waals surface area contributed by atoms with Crippen molar-refractivity contribution in [2.75, 3.05) is 6.61 Å². The first-order valence-electron chi connectivity index (χ1n) is 5.61. The van der Waals surface area contributed by atoms with Crippen LogP contribution in [0.1, 0.15) is 6.42 Å². The van der Waals surface area contributed by atoms with Crippen LogP contribution in [0, 0.1) is 5.82 Å². The minimum Gasteiger partial charge on any atom is -0.483 e. The van der Waals surface area contributed by atoms with Crippen molar-refractivity contribution < 1.29 is 33.7 Å². The monoisotopic (exact) mass is 363 g/mol. The molecule has 0 spiro atoms. The molecule has 1 rings (SSSR count). The fraction of sp³-hybridized carbons (Fsp3) is 0.250. The quantitative estimate of drug-likeness (QED) is 0.666. The third-order valence-electron chi connectivity index (χ3n) is 2.26. The molecule has 0 heterocycles. The Bertz CT molecular complexity index is 565. The molecule has 1 amide bonds. The van der Waals surface area contributed by atoms with E-state index in [4.69, 9.17) is 14.9 Å². The number of nitrogens with one attached hydrogen (secondary N) is 1. The number of hydrogen-bond acceptors (Lipinski definition) is 4. The zero-order valence-electron chi connectivity index (χ0n) is 10.5. The van der Waals surface area contributed by atoms with Crippen LogP contribution in [-0.4, -0.2) is 40.7 Å². The number of carbonyl (C=O) groups excluding carboxylic acids is 1. The Labute approximate surface area is 126 Å². The Morgan fingerprint density at radius 2 is 2.00 bits per heavy atom. The van der Waals surface area contributed by atoms with Crippen molar-refractivity contribution in [2.24, 2.45) is 0 Å². The first-order valence-corrected chi connectivity index (χ1v) is 6.40. The largest absolute Gasteiger partial charge is 0.483 e. The molecule has 0 aliphatic heterocycles. The number of rotatable bonds is 7. The van der Waals surface area contributed by atoms with E-state index in [0.717, 1.165) is 12.1 Å². The Hall–Kier alpha value is -2.16. The first kappa shape index (κ1) is 16.9. The second kappa shape index (κ2) is 7.58. The molecule has 0 saturated carbocycles. The van der Waals surface area contributed by atoms with Crippen LogP contribution in [0.4, 0.5) is 4.39 Å². The molecular weight excluding hydrogens is 353 g/mol. The van der Waals surface area contributed by atoms with E-state index in [1.807, 2.05) is 5.32 Å². The Morgan fingerprint density at radius 1 is 1.33 bits per heavy atom. The van der Waals surface area contributed by atoms with Gasteiger partial charge in [-0.1, -0.05) is 0 Å². The molecule has 3 N–H and O–H groups in total. The summed E-state index contributed by atoms with van der Waals surface area (Å²) in [5.74, 6) is -3.93. The number of hydrogen-bond donors (Lipinski definition) is 3. The van der Waals surface area contributed by atoms with Gasteiger partial charge in [-0.15, -0.1) is 0 Å². The number of carboxylic acid groups (broad SMARTS) is 2. The number of carboxylic acids is 2. The molecule has 7 nitrogen and oxygen atoms in total. The zero-order valence-corrected chi connectivity index (χ0v) is 12.1. The van der Waals surface area contributed by atoms with Crippen molar-refractivity contribution in [1.82, 2.24) is 5.32 Å². The van der Waals surface area contributed by atoms with Gasteiger partial charge in [-0.05, 0) is 34.1 Å². The molecule has 9 heteroatoms. The van der Waals surface area contributed by atoms with Crippen molar-refractivity contribution in [3.05, 3.63) is 28.5 Å². The third-order valence-corrected chi connectivity index (χ3v) is 2.88. The van der Waals surface area contributed by atoms with E-state index in [0.29, 0.717) is 0 Å². The maximum absolute atomic E-state index is 12.8. The Kier molecular flexibility index (Phi) is 6.10. The summed E-state index contributed by atoms with van der Waals surface area (Å²) in [7, 11) is 0.